The molecule has 1 nitrogen and oxygen atoms in total. The Morgan fingerprint density at radius 1 is 1.50 bits per heavy atom. The predicted octanol–water partition coefficient (Wildman–Crippen LogP) is 3.21. The van der Waals surface area contributed by atoms with Crippen LogP contribution in [0.5, 0.6) is 0 Å². The first-order valence-corrected chi connectivity index (χ1v) is 4.46. The highest BCUT2D eigenvalue weighted by atomic mass is 79.9. The molecule has 1 heterocycles. The van der Waals surface area contributed by atoms with Crippen LogP contribution >= 0.6 is 27.5 Å². The van der Waals surface area contributed by atoms with Gasteiger partial charge in [0.1, 0.15) is 5.76 Å². The van der Waals surface area contributed by atoms with E-state index in [2.05, 4.69) is 15.9 Å². The van der Waals surface area contributed by atoms with Gasteiger partial charge in [0.15, 0.2) is 4.67 Å². The molecule has 0 saturated heterocycles. The smallest absolute Gasteiger partial charge is 0.169 e. The Labute approximate surface area is 73.5 Å². The van der Waals surface area contributed by atoms with E-state index in [9.17, 15) is 0 Å². The molecule has 0 atom stereocenters. The molecule has 0 fully saturated rings. The predicted molar refractivity (Wildman–Crippen MR) is 45.4 cm³/mol. The van der Waals surface area contributed by atoms with Crippen LogP contribution in [-0.4, -0.2) is 5.88 Å². The van der Waals surface area contributed by atoms with Gasteiger partial charge in [-0.05, 0) is 34.5 Å². The number of hydrogen-bond donors (Lipinski definition) is 0. The molecule has 0 amide bonds. The number of alkyl halides is 1. The van der Waals surface area contributed by atoms with Crippen LogP contribution in [0.1, 0.15) is 12.2 Å². The third-order valence-corrected chi connectivity index (χ3v) is 1.88. The van der Waals surface area contributed by atoms with Crippen LogP contribution in [-0.2, 0) is 6.42 Å². The second-order valence-corrected chi connectivity index (χ2v) is 3.16. The molecule has 0 aliphatic rings. The van der Waals surface area contributed by atoms with Crippen LogP contribution in [0.15, 0.2) is 21.2 Å². The zero-order valence-corrected chi connectivity index (χ0v) is 7.78. The zero-order chi connectivity index (χ0) is 7.40. The van der Waals surface area contributed by atoms with Crippen molar-refractivity contribution in [2.45, 2.75) is 12.8 Å². The summed E-state index contributed by atoms with van der Waals surface area (Å²) in [4.78, 5) is 0. The van der Waals surface area contributed by atoms with E-state index in [1.54, 1.807) is 0 Å². The molecular formula is C7H8BrClO. The van der Waals surface area contributed by atoms with Crippen LogP contribution in [0.3, 0.4) is 0 Å². The van der Waals surface area contributed by atoms with E-state index in [0.29, 0.717) is 5.88 Å². The van der Waals surface area contributed by atoms with Crippen molar-refractivity contribution in [3.63, 3.8) is 0 Å². The van der Waals surface area contributed by atoms with Gasteiger partial charge in [0.25, 0.3) is 0 Å². The van der Waals surface area contributed by atoms with E-state index in [-0.39, 0.29) is 0 Å². The summed E-state index contributed by atoms with van der Waals surface area (Å²) in [7, 11) is 0. The molecule has 0 unspecified atom stereocenters. The number of halogens is 2. The minimum atomic E-state index is 0.693. The molecule has 0 bridgehead atoms. The lowest BCUT2D eigenvalue weighted by atomic mass is 10.3. The first kappa shape index (κ1) is 8.15. The van der Waals surface area contributed by atoms with E-state index < -0.39 is 0 Å². The Morgan fingerprint density at radius 2 is 2.30 bits per heavy atom. The normalized spacial score (nSPS) is 10.2. The summed E-state index contributed by atoms with van der Waals surface area (Å²) in [5.74, 6) is 1.69. The molecule has 0 saturated carbocycles. The van der Waals surface area contributed by atoms with E-state index in [1.165, 1.54) is 0 Å². The summed E-state index contributed by atoms with van der Waals surface area (Å²) in [6.07, 6.45) is 1.90. The molecule has 0 spiro atoms. The Morgan fingerprint density at radius 3 is 2.80 bits per heavy atom. The van der Waals surface area contributed by atoms with Crippen molar-refractivity contribution in [2.75, 3.05) is 5.88 Å². The van der Waals surface area contributed by atoms with Gasteiger partial charge in [-0.25, -0.2) is 0 Å². The minimum absolute atomic E-state index is 0.693. The lowest BCUT2D eigenvalue weighted by Crippen LogP contribution is -1.81. The second-order valence-electron chi connectivity index (χ2n) is 2.00. The fourth-order valence-electron chi connectivity index (χ4n) is 0.727. The summed E-state index contributed by atoms with van der Waals surface area (Å²) >= 11 is 8.73. The highest BCUT2D eigenvalue weighted by Crippen LogP contribution is 2.15. The van der Waals surface area contributed by atoms with Gasteiger partial charge in [-0.1, -0.05) is 0 Å². The molecule has 0 N–H and O–H groups in total. The molecule has 1 rings (SSSR count). The topological polar surface area (TPSA) is 13.1 Å². The van der Waals surface area contributed by atoms with Crippen molar-refractivity contribution in [3.8, 4) is 0 Å². The molecule has 0 aliphatic heterocycles. The van der Waals surface area contributed by atoms with Crippen molar-refractivity contribution in [2.24, 2.45) is 0 Å². The SMILES string of the molecule is ClCCCc1ccc(Br)o1. The van der Waals surface area contributed by atoms with E-state index in [1.807, 2.05) is 12.1 Å². The molecular weight excluding hydrogens is 215 g/mol. The molecule has 10 heavy (non-hydrogen) atoms. The highest BCUT2D eigenvalue weighted by Gasteiger charge is 1.97. The molecule has 1 aromatic rings. The summed E-state index contributed by atoms with van der Waals surface area (Å²) in [6, 6.07) is 3.85. The first-order chi connectivity index (χ1) is 4.83. The highest BCUT2D eigenvalue weighted by molar-refractivity contribution is 9.10. The largest absolute Gasteiger partial charge is 0.454 e. The number of aryl methyl sites for hydroxylation is 1. The Hall–Kier alpha value is 0.0500. The third kappa shape index (κ3) is 2.35. The molecule has 1 aromatic heterocycles. The lowest BCUT2D eigenvalue weighted by molar-refractivity contribution is 0.485. The van der Waals surface area contributed by atoms with Gasteiger partial charge >= 0.3 is 0 Å². The van der Waals surface area contributed by atoms with Crippen LogP contribution < -0.4 is 0 Å². The first-order valence-electron chi connectivity index (χ1n) is 3.13. The summed E-state index contributed by atoms with van der Waals surface area (Å²) in [5.41, 5.74) is 0. The zero-order valence-electron chi connectivity index (χ0n) is 5.44. The quantitative estimate of drug-likeness (QED) is 0.717. The molecule has 56 valence electrons. The number of furan rings is 1. The maximum absolute atomic E-state index is 5.50. The van der Waals surface area contributed by atoms with Crippen LogP contribution in [0.4, 0.5) is 0 Å². The van der Waals surface area contributed by atoms with Crippen LogP contribution in [0.25, 0.3) is 0 Å². The third-order valence-electron chi connectivity index (χ3n) is 1.19. The van der Waals surface area contributed by atoms with Crippen LogP contribution in [0.2, 0.25) is 0 Å². The Balaban J connectivity index is 2.42. The van der Waals surface area contributed by atoms with Crippen LogP contribution in [0, 0.1) is 0 Å². The standard InChI is InChI=1S/C7H8BrClO/c8-7-4-3-6(10-7)2-1-5-9/h3-4H,1-2,5H2. The fourth-order valence-corrected chi connectivity index (χ4v) is 1.20. The van der Waals surface area contributed by atoms with Gasteiger partial charge in [0.05, 0.1) is 0 Å². The van der Waals surface area contributed by atoms with Crippen molar-refractivity contribution in [1.82, 2.24) is 0 Å². The van der Waals surface area contributed by atoms with Crippen molar-refractivity contribution in [3.05, 3.63) is 22.6 Å². The average molecular weight is 223 g/mol. The molecule has 0 aliphatic carbocycles. The fraction of sp³-hybridized carbons (Fsp3) is 0.429. The average Bonchev–Trinajstić information content (AvgIpc) is 2.31. The Kier molecular flexibility index (Phi) is 3.29. The Bertz CT molecular complexity index is 197. The van der Waals surface area contributed by atoms with Crippen molar-refractivity contribution in [1.29, 1.82) is 0 Å². The van der Waals surface area contributed by atoms with E-state index in [4.69, 9.17) is 16.0 Å². The summed E-state index contributed by atoms with van der Waals surface area (Å²) in [5, 5.41) is 0. The van der Waals surface area contributed by atoms with Gasteiger partial charge in [-0.3, -0.25) is 0 Å². The van der Waals surface area contributed by atoms with Gasteiger partial charge in [-0.2, -0.15) is 0 Å². The van der Waals surface area contributed by atoms with Crippen molar-refractivity contribution >= 4 is 27.5 Å². The summed E-state index contributed by atoms with van der Waals surface area (Å²) < 4.78 is 6.03. The minimum Gasteiger partial charge on any atom is -0.454 e. The maximum atomic E-state index is 5.50. The molecule has 0 aromatic carbocycles. The molecule has 3 heteroatoms. The van der Waals surface area contributed by atoms with Crippen molar-refractivity contribution < 1.29 is 4.42 Å². The summed E-state index contributed by atoms with van der Waals surface area (Å²) in [6.45, 7) is 0. The van der Waals surface area contributed by atoms with E-state index >= 15 is 0 Å². The van der Waals surface area contributed by atoms with Gasteiger partial charge in [-0.15, -0.1) is 11.6 Å². The second kappa shape index (κ2) is 4.04. The molecule has 0 radical (unpaired) electrons. The number of hydrogen-bond acceptors (Lipinski definition) is 1. The van der Waals surface area contributed by atoms with Gasteiger partial charge < -0.3 is 4.42 Å². The monoisotopic (exact) mass is 222 g/mol. The van der Waals surface area contributed by atoms with E-state index in [0.717, 1.165) is 23.3 Å². The maximum Gasteiger partial charge on any atom is 0.169 e. The van der Waals surface area contributed by atoms with Gasteiger partial charge in [0.2, 0.25) is 0 Å². The lowest BCUT2D eigenvalue weighted by Gasteiger charge is -1.90. The number of rotatable bonds is 3. The van der Waals surface area contributed by atoms with Gasteiger partial charge in [0, 0.05) is 12.3 Å².